The second kappa shape index (κ2) is 8.50. The number of ether oxygens (including phenoxy) is 2. The molecule has 2 saturated heterocycles. The molecule has 0 aromatic heterocycles. The first-order chi connectivity index (χ1) is 11.3. The predicted molar refractivity (Wildman–Crippen MR) is 93.0 cm³/mol. The number of rotatable bonds is 5. The molecule has 6 nitrogen and oxygen atoms in total. The molecule has 1 amide bonds. The number of piperidine rings is 2. The Bertz CT molecular complexity index is 394. The molecule has 0 spiro atoms. The first-order valence-corrected chi connectivity index (χ1v) is 9.26. The van der Waals surface area contributed by atoms with Crippen molar-refractivity contribution >= 4 is 6.09 Å². The van der Waals surface area contributed by atoms with Crippen molar-refractivity contribution in [2.45, 2.75) is 64.1 Å². The van der Waals surface area contributed by atoms with Gasteiger partial charge in [0.2, 0.25) is 0 Å². The molecule has 0 aliphatic carbocycles. The van der Waals surface area contributed by atoms with Gasteiger partial charge in [-0.3, -0.25) is 0 Å². The van der Waals surface area contributed by atoms with E-state index in [1.165, 1.54) is 12.8 Å². The molecule has 2 fully saturated rings. The molecular weight excluding hydrogens is 308 g/mol. The summed E-state index contributed by atoms with van der Waals surface area (Å²) in [5, 5.41) is 14.0. The molecule has 0 saturated carbocycles. The molecule has 0 aromatic rings. The molecular formula is C18H34N2O4. The van der Waals surface area contributed by atoms with Crippen molar-refractivity contribution < 1.29 is 19.4 Å². The summed E-state index contributed by atoms with van der Waals surface area (Å²) in [6.07, 6.45) is 4.30. The van der Waals surface area contributed by atoms with Crippen molar-refractivity contribution in [1.29, 1.82) is 0 Å². The number of hydrogen-bond acceptors (Lipinski definition) is 5. The quantitative estimate of drug-likeness (QED) is 0.749. The monoisotopic (exact) mass is 342 g/mol. The van der Waals surface area contributed by atoms with Gasteiger partial charge >= 0.3 is 6.09 Å². The number of carbonyl (C=O) groups is 1. The number of amides is 1. The largest absolute Gasteiger partial charge is 0.444 e. The van der Waals surface area contributed by atoms with Crippen molar-refractivity contribution in [2.24, 2.45) is 5.92 Å². The SMILES string of the molecule is CC(C)(C)OC(=O)N1CCC(O)(COCCC2CCNCC2)CC1. The summed E-state index contributed by atoms with van der Waals surface area (Å²) >= 11 is 0. The highest BCUT2D eigenvalue weighted by Gasteiger charge is 2.35. The van der Waals surface area contributed by atoms with Crippen molar-refractivity contribution in [1.82, 2.24) is 10.2 Å². The van der Waals surface area contributed by atoms with Crippen LogP contribution in [0.5, 0.6) is 0 Å². The van der Waals surface area contributed by atoms with Crippen LogP contribution in [0.4, 0.5) is 4.79 Å². The Morgan fingerprint density at radius 3 is 2.46 bits per heavy atom. The van der Waals surface area contributed by atoms with Crippen LogP contribution in [-0.4, -0.2) is 66.7 Å². The van der Waals surface area contributed by atoms with E-state index in [1.807, 2.05) is 20.8 Å². The summed E-state index contributed by atoms with van der Waals surface area (Å²) in [7, 11) is 0. The van der Waals surface area contributed by atoms with Crippen LogP contribution in [0.25, 0.3) is 0 Å². The van der Waals surface area contributed by atoms with Crippen LogP contribution < -0.4 is 5.32 Å². The van der Waals surface area contributed by atoms with Gasteiger partial charge in [0.15, 0.2) is 0 Å². The number of aliphatic hydroxyl groups is 1. The molecule has 0 atom stereocenters. The predicted octanol–water partition coefficient (Wildman–Crippen LogP) is 2.15. The van der Waals surface area contributed by atoms with Crippen LogP contribution in [0.2, 0.25) is 0 Å². The third-order valence-electron chi connectivity index (χ3n) is 4.85. The van der Waals surface area contributed by atoms with Crippen LogP contribution >= 0.6 is 0 Å². The Balaban J connectivity index is 1.63. The van der Waals surface area contributed by atoms with E-state index in [1.54, 1.807) is 4.90 Å². The fourth-order valence-electron chi connectivity index (χ4n) is 3.26. The minimum Gasteiger partial charge on any atom is -0.444 e. The van der Waals surface area contributed by atoms with Gasteiger partial charge in [0.1, 0.15) is 5.60 Å². The minimum absolute atomic E-state index is 0.295. The lowest BCUT2D eigenvalue weighted by molar-refractivity contribution is -0.0838. The smallest absolute Gasteiger partial charge is 0.410 e. The lowest BCUT2D eigenvalue weighted by Crippen LogP contribution is -2.50. The highest BCUT2D eigenvalue weighted by Crippen LogP contribution is 2.24. The highest BCUT2D eigenvalue weighted by molar-refractivity contribution is 5.68. The fourth-order valence-corrected chi connectivity index (χ4v) is 3.26. The van der Waals surface area contributed by atoms with Crippen LogP contribution in [0.3, 0.4) is 0 Å². The Morgan fingerprint density at radius 2 is 1.88 bits per heavy atom. The molecule has 0 radical (unpaired) electrons. The maximum atomic E-state index is 12.0. The van der Waals surface area contributed by atoms with Gasteiger partial charge in [-0.25, -0.2) is 4.79 Å². The first kappa shape index (κ1) is 19.5. The number of hydrogen-bond donors (Lipinski definition) is 2. The maximum Gasteiger partial charge on any atom is 0.410 e. The zero-order valence-electron chi connectivity index (χ0n) is 15.5. The zero-order valence-corrected chi connectivity index (χ0v) is 15.5. The Hall–Kier alpha value is -0.850. The molecule has 0 unspecified atom stereocenters. The van der Waals surface area contributed by atoms with Crippen LogP contribution in [-0.2, 0) is 9.47 Å². The molecule has 6 heteroatoms. The Kier molecular flexibility index (Phi) is 6.89. The molecule has 0 aromatic carbocycles. The molecule has 140 valence electrons. The Labute approximate surface area is 145 Å². The lowest BCUT2D eigenvalue weighted by atomic mass is 9.92. The van der Waals surface area contributed by atoms with Crippen molar-refractivity contribution in [3.8, 4) is 0 Å². The molecule has 2 aliphatic rings. The second-order valence-electron chi connectivity index (χ2n) is 8.23. The Morgan fingerprint density at radius 1 is 1.25 bits per heavy atom. The van der Waals surface area contributed by atoms with E-state index < -0.39 is 11.2 Å². The normalized spacial score (nSPS) is 22.4. The molecule has 24 heavy (non-hydrogen) atoms. The summed E-state index contributed by atoms with van der Waals surface area (Å²) in [5.41, 5.74) is -1.30. The third kappa shape index (κ3) is 6.57. The van der Waals surface area contributed by atoms with E-state index in [0.717, 1.165) is 25.4 Å². The van der Waals surface area contributed by atoms with Gasteiger partial charge in [0, 0.05) is 19.7 Å². The molecule has 2 rings (SSSR count). The van der Waals surface area contributed by atoms with E-state index in [4.69, 9.17) is 9.47 Å². The molecule has 2 heterocycles. The average molecular weight is 342 g/mol. The third-order valence-corrected chi connectivity index (χ3v) is 4.85. The van der Waals surface area contributed by atoms with Crippen LogP contribution in [0, 0.1) is 5.92 Å². The molecule has 2 aliphatic heterocycles. The fraction of sp³-hybridized carbons (Fsp3) is 0.944. The van der Waals surface area contributed by atoms with Gasteiger partial charge < -0.3 is 24.8 Å². The summed E-state index contributed by atoms with van der Waals surface area (Å²) in [6.45, 7) is 9.91. The summed E-state index contributed by atoms with van der Waals surface area (Å²) in [6, 6.07) is 0. The van der Waals surface area contributed by atoms with Gasteiger partial charge in [-0.05, 0) is 71.9 Å². The van der Waals surface area contributed by atoms with E-state index >= 15 is 0 Å². The van der Waals surface area contributed by atoms with Gasteiger partial charge in [-0.1, -0.05) is 0 Å². The van der Waals surface area contributed by atoms with Crippen LogP contribution in [0.1, 0.15) is 52.9 Å². The van der Waals surface area contributed by atoms with Gasteiger partial charge in [-0.15, -0.1) is 0 Å². The van der Waals surface area contributed by atoms with E-state index in [2.05, 4.69) is 5.32 Å². The number of carbonyl (C=O) groups excluding carboxylic acids is 1. The van der Waals surface area contributed by atoms with Gasteiger partial charge in [0.05, 0.1) is 12.2 Å². The van der Waals surface area contributed by atoms with Crippen LogP contribution in [0.15, 0.2) is 0 Å². The zero-order chi connectivity index (χ0) is 17.6. The van der Waals surface area contributed by atoms with E-state index in [-0.39, 0.29) is 6.09 Å². The van der Waals surface area contributed by atoms with Crippen molar-refractivity contribution in [3.05, 3.63) is 0 Å². The maximum absolute atomic E-state index is 12.0. The van der Waals surface area contributed by atoms with Crippen molar-refractivity contribution in [2.75, 3.05) is 39.4 Å². The molecule has 0 bridgehead atoms. The van der Waals surface area contributed by atoms with Gasteiger partial charge in [-0.2, -0.15) is 0 Å². The second-order valence-corrected chi connectivity index (χ2v) is 8.23. The van der Waals surface area contributed by atoms with Gasteiger partial charge in [0.25, 0.3) is 0 Å². The number of nitrogens with one attached hydrogen (secondary N) is 1. The summed E-state index contributed by atoms with van der Waals surface area (Å²) < 4.78 is 11.1. The number of nitrogens with zero attached hydrogens (tertiary/aromatic N) is 1. The first-order valence-electron chi connectivity index (χ1n) is 9.26. The topological polar surface area (TPSA) is 71.0 Å². The summed E-state index contributed by atoms with van der Waals surface area (Å²) in [5.74, 6) is 0.745. The lowest BCUT2D eigenvalue weighted by Gasteiger charge is -2.38. The van der Waals surface area contributed by atoms with E-state index in [9.17, 15) is 9.90 Å². The standard InChI is InChI=1S/C18H34N2O4/c1-17(2,3)24-16(21)20-11-7-18(22,8-12-20)14-23-13-6-15-4-9-19-10-5-15/h15,19,22H,4-14H2,1-3H3. The summed E-state index contributed by atoms with van der Waals surface area (Å²) in [4.78, 5) is 13.7. The molecule has 2 N–H and O–H groups in total. The van der Waals surface area contributed by atoms with Crippen molar-refractivity contribution in [3.63, 3.8) is 0 Å². The van der Waals surface area contributed by atoms with E-state index in [0.29, 0.717) is 39.1 Å². The number of likely N-dealkylation sites (tertiary alicyclic amines) is 1. The average Bonchev–Trinajstić information content (AvgIpc) is 2.52. The minimum atomic E-state index is -0.813. The highest BCUT2D eigenvalue weighted by atomic mass is 16.6.